The van der Waals surface area contributed by atoms with Crippen LogP contribution < -0.4 is 15.4 Å². The van der Waals surface area contributed by atoms with Crippen LogP contribution in [0.25, 0.3) is 10.2 Å². The summed E-state index contributed by atoms with van der Waals surface area (Å²) >= 11 is 1.42. The first kappa shape index (κ1) is 14.6. The molecule has 4 rings (SSSR count). The number of benzene rings is 2. The van der Waals surface area contributed by atoms with Crippen molar-refractivity contribution in [2.45, 2.75) is 6.92 Å². The first-order valence-corrected chi connectivity index (χ1v) is 8.16. The van der Waals surface area contributed by atoms with Crippen LogP contribution in [0.4, 0.5) is 10.8 Å². The normalized spacial score (nSPS) is 13.1. The minimum atomic E-state index is -0.321. The summed E-state index contributed by atoms with van der Waals surface area (Å²) in [5, 5.41) is 6.02. The van der Waals surface area contributed by atoms with Gasteiger partial charge in [0.05, 0.1) is 21.5 Å². The van der Waals surface area contributed by atoms with Gasteiger partial charge >= 0.3 is 0 Å². The molecule has 2 N–H and O–H groups in total. The highest BCUT2D eigenvalue weighted by molar-refractivity contribution is 7.22. The van der Waals surface area contributed by atoms with Crippen LogP contribution in [0, 0.1) is 6.92 Å². The maximum absolute atomic E-state index is 12.6. The van der Waals surface area contributed by atoms with Gasteiger partial charge < -0.3 is 10.1 Å². The summed E-state index contributed by atoms with van der Waals surface area (Å²) in [6.45, 7) is 1.91. The molecule has 0 spiro atoms. The first-order valence-electron chi connectivity index (χ1n) is 7.34. The predicted molar refractivity (Wildman–Crippen MR) is 92.9 cm³/mol. The van der Waals surface area contributed by atoms with Gasteiger partial charge in [-0.15, -0.1) is 0 Å². The second kappa shape index (κ2) is 5.61. The van der Waals surface area contributed by atoms with E-state index >= 15 is 0 Å². The molecule has 0 saturated heterocycles. The van der Waals surface area contributed by atoms with Crippen molar-refractivity contribution < 1.29 is 14.3 Å². The Morgan fingerprint density at radius 3 is 3.08 bits per heavy atom. The van der Waals surface area contributed by atoms with Crippen LogP contribution in [-0.4, -0.2) is 23.4 Å². The number of anilines is 2. The summed E-state index contributed by atoms with van der Waals surface area (Å²) in [7, 11) is 0. The number of nitrogens with zero attached hydrogens (tertiary/aromatic N) is 1. The summed E-state index contributed by atoms with van der Waals surface area (Å²) in [4.78, 5) is 28.4. The minimum absolute atomic E-state index is 0.0995. The molecular weight excluding hydrogens is 326 g/mol. The number of aromatic nitrogens is 1. The maximum Gasteiger partial charge on any atom is 0.262 e. The molecule has 120 valence electrons. The first-order chi connectivity index (χ1) is 11.6. The summed E-state index contributed by atoms with van der Waals surface area (Å²) in [6, 6.07) is 11.0. The topological polar surface area (TPSA) is 80.3 Å². The molecule has 0 unspecified atom stereocenters. The van der Waals surface area contributed by atoms with Crippen molar-refractivity contribution in [2.75, 3.05) is 17.2 Å². The molecule has 2 heterocycles. The van der Waals surface area contributed by atoms with Crippen LogP contribution in [0.3, 0.4) is 0 Å². The van der Waals surface area contributed by atoms with Crippen molar-refractivity contribution >= 4 is 44.2 Å². The minimum Gasteiger partial charge on any atom is -0.481 e. The van der Waals surface area contributed by atoms with E-state index in [4.69, 9.17) is 4.74 Å². The smallest absolute Gasteiger partial charge is 0.262 e. The van der Waals surface area contributed by atoms with Crippen LogP contribution in [0.1, 0.15) is 15.9 Å². The molecule has 7 heteroatoms. The highest BCUT2D eigenvalue weighted by atomic mass is 32.1. The number of para-hydroxylation sites is 1. The molecule has 6 nitrogen and oxygen atoms in total. The molecule has 2 aromatic carbocycles. The quantitative estimate of drug-likeness (QED) is 0.751. The highest BCUT2D eigenvalue weighted by Gasteiger charge is 2.23. The molecule has 3 aromatic rings. The molecule has 0 radical (unpaired) electrons. The van der Waals surface area contributed by atoms with E-state index in [2.05, 4.69) is 15.6 Å². The number of fused-ring (bicyclic) bond motifs is 2. The van der Waals surface area contributed by atoms with Gasteiger partial charge in [0, 0.05) is 0 Å². The summed E-state index contributed by atoms with van der Waals surface area (Å²) in [5.74, 6) is -0.174. The van der Waals surface area contributed by atoms with Gasteiger partial charge in [-0.3, -0.25) is 14.9 Å². The number of nitrogens with one attached hydrogen (secondary N) is 2. The van der Waals surface area contributed by atoms with E-state index in [1.807, 2.05) is 25.1 Å². The fraction of sp³-hybridized carbons (Fsp3) is 0.118. The van der Waals surface area contributed by atoms with Crippen molar-refractivity contribution in [3.63, 3.8) is 0 Å². The molecule has 0 atom stereocenters. The van der Waals surface area contributed by atoms with Gasteiger partial charge in [-0.25, -0.2) is 4.98 Å². The molecule has 0 aliphatic carbocycles. The SMILES string of the molecule is Cc1ccc2nc(NC(=O)c3cccc4c3OCC(=O)N4)sc2c1. The van der Waals surface area contributed by atoms with E-state index in [9.17, 15) is 9.59 Å². The Labute approximate surface area is 141 Å². The largest absolute Gasteiger partial charge is 0.481 e. The number of hydrogen-bond acceptors (Lipinski definition) is 5. The van der Waals surface area contributed by atoms with E-state index in [1.54, 1.807) is 18.2 Å². The lowest BCUT2D eigenvalue weighted by atomic mass is 10.1. The Morgan fingerprint density at radius 1 is 1.33 bits per heavy atom. The zero-order valence-electron chi connectivity index (χ0n) is 12.8. The van der Waals surface area contributed by atoms with E-state index < -0.39 is 0 Å². The Morgan fingerprint density at radius 2 is 2.21 bits per heavy atom. The van der Waals surface area contributed by atoms with Gasteiger partial charge in [0.1, 0.15) is 0 Å². The van der Waals surface area contributed by atoms with Gasteiger partial charge in [0.15, 0.2) is 17.5 Å². The van der Waals surface area contributed by atoms with Gasteiger partial charge in [0.25, 0.3) is 11.8 Å². The number of aryl methyl sites for hydroxylation is 1. The number of thiazole rings is 1. The van der Waals surface area contributed by atoms with Crippen molar-refractivity contribution in [1.29, 1.82) is 0 Å². The second-order valence-electron chi connectivity index (χ2n) is 5.46. The van der Waals surface area contributed by atoms with Crippen molar-refractivity contribution in [2.24, 2.45) is 0 Å². The summed E-state index contributed by atoms with van der Waals surface area (Å²) < 4.78 is 6.43. The second-order valence-corrected chi connectivity index (χ2v) is 6.49. The van der Waals surface area contributed by atoms with Crippen LogP contribution in [0.2, 0.25) is 0 Å². The van der Waals surface area contributed by atoms with Crippen molar-refractivity contribution in [3.8, 4) is 5.75 Å². The fourth-order valence-electron chi connectivity index (χ4n) is 2.54. The third-order valence-electron chi connectivity index (χ3n) is 3.65. The lowest BCUT2D eigenvalue weighted by Gasteiger charge is -2.19. The Kier molecular flexibility index (Phi) is 3.42. The van der Waals surface area contributed by atoms with Crippen molar-refractivity contribution in [1.82, 2.24) is 4.98 Å². The average Bonchev–Trinajstić information content (AvgIpc) is 2.95. The third kappa shape index (κ3) is 2.59. The van der Waals surface area contributed by atoms with Gasteiger partial charge in [0.2, 0.25) is 0 Å². The zero-order valence-corrected chi connectivity index (χ0v) is 13.6. The molecule has 2 amide bonds. The number of carbonyl (C=O) groups is 2. The highest BCUT2D eigenvalue weighted by Crippen LogP contribution is 2.33. The van der Waals surface area contributed by atoms with E-state index in [1.165, 1.54) is 11.3 Å². The predicted octanol–water partition coefficient (Wildman–Crippen LogP) is 3.19. The van der Waals surface area contributed by atoms with E-state index in [0.717, 1.165) is 15.8 Å². The molecule has 24 heavy (non-hydrogen) atoms. The van der Waals surface area contributed by atoms with Crippen LogP contribution >= 0.6 is 11.3 Å². The van der Waals surface area contributed by atoms with Gasteiger partial charge in [-0.2, -0.15) is 0 Å². The molecule has 1 aromatic heterocycles. The number of carbonyl (C=O) groups excluding carboxylic acids is 2. The standard InChI is InChI=1S/C17H13N3O3S/c1-9-5-6-11-13(7-9)24-17(19-11)20-16(22)10-3-2-4-12-15(10)23-8-14(21)18-12/h2-7H,8H2,1H3,(H,18,21)(H,19,20,22). The molecule has 0 fully saturated rings. The third-order valence-corrected chi connectivity index (χ3v) is 4.58. The molecular formula is C17H13N3O3S. The number of hydrogen-bond donors (Lipinski definition) is 2. The molecule has 0 saturated carbocycles. The summed E-state index contributed by atoms with van der Waals surface area (Å²) in [5.41, 5.74) is 2.85. The number of ether oxygens (including phenoxy) is 1. The Balaban J connectivity index is 1.64. The van der Waals surface area contributed by atoms with Gasteiger partial charge in [-0.1, -0.05) is 23.5 Å². The van der Waals surface area contributed by atoms with E-state index in [-0.39, 0.29) is 18.4 Å². The molecule has 0 bridgehead atoms. The Hall–Kier alpha value is -2.93. The van der Waals surface area contributed by atoms with Crippen LogP contribution in [-0.2, 0) is 4.79 Å². The van der Waals surface area contributed by atoms with Crippen LogP contribution in [0.15, 0.2) is 36.4 Å². The zero-order chi connectivity index (χ0) is 16.7. The molecule has 1 aliphatic rings. The lowest BCUT2D eigenvalue weighted by Crippen LogP contribution is -2.27. The van der Waals surface area contributed by atoms with Crippen molar-refractivity contribution in [3.05, 3.63) is 47.5 Å². The van der Waals surface area contributed by atoms with E-state index in [0.29, 0.717) is 22.1 Å². The summed E-state index contributed by atoms with van der Waals surface area (Å²) in [6.07, 6.45) is 0. The van der Waals surface area contributed by atoms with Crippen LogP contribution in [0.5, 0.6) is 5.75 Å². The molecule has 1 aliphatic heterocycles. The number of rotatable bonds is 2. The van der Waals surface area contributed by atoms with Gasteiger partial charge in [-0.05, 0) is 36.8 Å². The average molecular weight is 339 g/mol. The number of amides is 2. The maximum atomic E-state index is 12.6. The monoisotopic (exact) mass is 339 g/mol. The Bertz CT molecular complexity index is 980. The fourth-order valence-corrected chi connectivity index (χ4v) is 3.50. The lowest BCUT2D eigenvalue weighted by molar-refractivity contribution is -0.118.